The summed E-state index contributed by atoms with van der Waals surface area (Å²) in [5, 5.41) is 13.6. The second kappa shape index (κ2) is 11.9. The van der Waals surface area contributed by atoms with Gasteiger partial charge in [0.05, 0.1) is 28.8 Å². The predicted octanol–water partition coefficient (Wildman–Crippen LogP) is 6.82. The van der Waals surface area contributed by atoms with Gasteiger partial charge >= 0.3 is 12.3 Å². The van der Waals surface area contributed by atoms with Crippen LogP contribution < -0.4 is 14.4 Å². The molecule has 0 bridgehead atoms. The van der Waals surface area contributed by atoms with E-state index in [1.54, 1.807) is 37.4 Å². The average molecular weight is 569 g/mol. The lowest BCUT2D eigenvalue weighted by molar-refractivity contribution is -0.274. The minimum absolute atomic E-state index is 0.0185. The van der Waals surface area contributed by atoms with Crippen molar-refractivity contribution in [3.05, 3.63) is 94.4 Å². The van der Waals surface area contributed by atoms with Crippen molar-refractivity contribution in [1.29, 1.82) is 0 Å². The standard InChI is InChI=1S/C30H31F3N4O4/c1-18(2)23-15-34-37(25-8-6-7-9-27(25)41-30(31,32)33)26(23)17-40-28-13-12-24(20(4)35-28)36(5)16-21-10-11-22(29(38)39)19(3)14-21/h6-15,18H,16-17H2,1-5H3,(H,38,39). The largest absolute Gasteiger partial charge is 0.573 e. The smallest absolute Gasteiger partial charge is 0.478 e. The van der Waals surface area contributed by atoms with Crippen molar-refractivity contribution in [2.45, 2.75) is 53.1 Å². The van der Waals surface area contributed by atoms with E-state index in [9.17, 15) is 23.1 Å². The fourth-order valence-corrected chi connectivity index (χ4v) is 4.64. The zero-order valence-corrected chi connectivity index (χ0v) is 23.4. The maximum atomic E-state index is 13.0. The second-order valence-electron chi connectivity index (χ2n) is 9.98. The molecule has 1 N–H and O–H groups in total. The predicted molar refractivity (Wildman–Crippen MR) is 148 cm³/mol. The number of carboxylic acid groups (broad SMARTS) is 1. The zero-order valence-electron chi connectivity index (χ0n) is 23.4. The first kappa shape index (κ1) is 29.4. The van der Waals surface area contributed by atoms with Gasteiger partial charge in [-0.05, 0) is 60.7 Å². The number of hydrogen-bond acceptors (Lipinski definition) is 6. The van der Waals surface area contributed by atoms with Crippen molar-refractivity contribution < 1.29 is 32.5 Å². The molecule has 216 valence electrons. The van der Waals surface area contributed by atoms with Gasteiger partial charge in [-0.1, -0.05) is 38.1 Å². The highest BCUT2D eigenvalue weighted by molar-refractivity contribution is 5.89. The van der Waals surface area contributed by atoms with E-state index in [2.05, 4.69) is 14.8 Å². The third-order valence-electron chi connectivity index (χ3n) is 6.58. The number of anilines is 1. The van der Waals surface area contributed by atoms with Gasteiger partial charge in [0.25, 0.3) is 0 Å². The first-order chi connectivity index (χ1) is 19.3. The van der Waals surface area contributed by atoms with Crippen LogP contribution in [0.15, 0.2) is 60.8 Å². The average Bonchev–Trinajstić information content (AvgIpc) is 3.30. The van der Waals surface area contributed by atoms with Crippen LogP contribution in [-0.4, -0.2) is 39.3 Å². The van der Waals surface area contributed by atoms with E-state index < -0.39 is 12.3 Å². The van der Waals surface area contributed by atoms with Crippen molar-refractivity contribution in [1.82, 2.24) is 14.8 Å². The van der Waals surface area contributed by atoms with Crippen LogP contribution in [0.2, 0.25) is 0 Å². The Morgan fingerprint density at radius 3 is 2.46 bits per heavy atom. The number of halogens is 3. The first-order valence-corrected chi connectivity index (χ1v) is 12.9. The number of aromatic nitrogens is 3. The lowest BCUT2D eigenvalue weighted by Crippen LogP contribution is -2.19. The van der Waals surface area contributed by atoms with Crippen molar-refractivity contribution >= 4 is 11.7 Å². The zero-order chi connectivity index (χ0) is 29.9. The highest BCUT2D eigenvalue weighted by Crippen LogP contribution is 2.32. The molecule has 0 atom stereocenters. The number of carboxylic acids is 1. The van der Waals surface area contributed by atoms with Crippen molar-refractivity contribution in [3.8, 4) is 17.3 Å². The fourth-order valence-electron chi connectivity index (χ4n) is 4.64. The number of para-hydroxylation sites is 2. The number of pyridine rings is 1. The van der Waals surface area contributed by atoms with Crippen molar-refractivity contribution in [2.75, 3.05) is 11.9 Å². The summed E-state index contributed by atoms with van der Waals surface area (Å²) in [6.07, 6.45) is -3.23. The summed E-state index contributed by atoms with van der Waals surface area (Å²) in [6.45, 7) is 8.11. The Labute approximate surface area is 236 Å². The molecule has 4 rings (SSSR count). The van der Waals surface area contributed by atoms with Crippen LogP contribution in [0.1, 0.15) is 58.2 Å². The summed E-state index contributed by atoms with van der Waals surface area (Å²) >= 11 is 0. The topological polar surface area (TPSA) is 89.7 Å². The molecular weight excluding hydrogens is 537 g/mol. The molecule has 0 aliphatic carbocycles. The number of ether oxygens (including phenoxy) is 2. The number of aromatic carboxylic acids is 1. The van der Waals surface area contributed by atoms with Gasteiger partial charge in [-0.25, -0.2) is 14.5 Å². The molecule has 0 aliphatic heterocycles. The summed E-state index contributed by atoms with van der Waals surface area (Å²) in [4.78, 5) is 17.9. The normalized spacial score (nSPS) is 11.5. The van der Waals surface area contributed by atoms with E-state index in [-0.39, 0.29) is 29.5 Å². The molecule has 0 aliphatic rings. The van der Waals surface area contributed by atoms with Gasteiger partial charge in [-0.3, -0.25) is 0 Å². The van der Waals surface area contributed by atoms with Crippen LogP contribution in [0, 0.1) is 13.8 Å². The first-order valence-electron chi connectivity index (χ1n) is 12.9. The third kappa shape index (κ3) is 6.97. The van der Waals surface area contributed by atoms with Gasteiger partial charge in [-0.15, -0.1) is 13.2 Å². The number of aryl methyl sites for hydroxylation is 2. The number of benzene rings is 2. The minimum Gasteiger partial charge on any atom is -0.478 e. The maximum Gasteiger partial charge on any atom is 0.573 e. The molecule has 4 aromatic rings. The lowest BCUT2D eigenvalue weighted by atomic mass is 10.0. The highest BCUT2D eigenvalue weighted by Gasteiger charge is 2.33. The van der Waals surface area contributed by atoms with Gasteiger partial charge in [0.1, 0.15) is 12.3 Å². The molecule has 0 saturated carbocycles. The van der Waals surface area contributed by atoms with Gasteiger partial charge in [-0.2, -0.15) is 5.10 Å². The summed E-state index contributed by atoms with van der Waals surface area (Å²) < 4.78 is 50.8. The Balaban J connectivity index is 1.54. The molecule has 2 aromatic heterocycles. The number of hydrogen-bond donors (Lipinski definition) is 1. The monoisotopic (exact) mass is 568 g/mol. The maximum absolute atomic E-state index is 13.0. The Bertz CT molecular complexity index is 1550. The van der Waals surface area contributed by atoms with Gasteiger partial charge < -0.3 is 19.5 Å². The van der Waals surface area contributed by atoms with Crippen LogP contribution >= 0.6 is 0 Å². The van der Waals surface area contributed by atoms with E-state index >= 15 is 0 Å². The third-order valence-corrected chi connectivity index (χ3v) is 6.58. The Morgan fingerprint density at radius 1 is 1.10 bits per heavy atom. The van der Waals surface area contributed by atoms with Gasteiger partial charge in [0, 0.05) is 19.7 Å². The van der Waals surface area contributed by atoms with E-state index in [0.29, 0.717) is 29.4 Å². The molecule has 0 unspecified atom stereocenters. The van der Waals surface area contributed by atoms with Crippen LogP contribution in [-0.2, 0) is 13.2 Å². The second-order valence-corrected chi connectivity index (χ2v) is 9.98. The number of carbonyl (C=O) groups is 1. The number of nitrogens with zero attached hydrogens (tertiary/aromatic N) is 4. The molecule has 11 heteroatoms. The summed E-state index contributed by atoms with van der Waals surface area (Å²) in [7, 11) is 1.92. The Hall–Kier alpha value is -4.54. The quantitative estimate of drug-likeness (QED) is 0.225. The van der Waals surface area contributed by atoms with Gasteiger partial charge in [0.15, 0.2) is 5.75 Å². The summed E-state index contributed by atoms with van der Waals surface area (Å²) in [5.74, 6) is -0.935. The highest BCUT2D eigenvalue weighted by atomic mass is 19.4. The molecule has 2 heterocycles. The van der Waals surface area contributed by atoms with Crippen LogP contribution in [0.5, 0.6) is 11.6 Å². The van der Waals surface area contributed by atoms with Crippen LogP contribution in [0.4, 0.5) is 18.9 Å². The van der Waals surface area contributed by atoms with E-state index in [0.717, 1.165) is 16.8 Å². The lowest BCUT2D eigenvalue weighted by Gasteiger charge is -2.22. The summed E-state index contributed by atoms with van der Waals surface area (Å²) in [6, 6.07) is 14.7. The van der Waals surface area contributed by atoms with E-state index in [1.165, 1.54) is 22.9 Å². The van der Waals surface area contributed by atoms with E-state index in [4.69, 9.17) is 4.74 Å². The fraction of sp³-hybridized carbons (Fsp3) is 0.300. The van der Waals surface area contributed by atoms with Crippen molar-refractivity contribution in [3.63, 3.8) is 0 Å². The molecule has 0 saturated heterocycles. The molecule has 0 radical (unpaired) electrons. The van der Waals surface area contributed by atoms with Crippen LogP contribution in [0.25, 0.3) is 5.69 Å². The Kier molecular flexibility index (Phi) is 8.55. The molecule has 0 amide bonds. The van der Waals surface area contributed by atoms with Crippen LogP contribution in [0.3, 0.4) is 0 Å². The molecule has 0 spiro atoms. The molecule has 2 aromatic carbocycles. The van der Waals surface area contributed by atoms with E-state index in [1.807, 2.05) is 44.9 Å². The molecule has 0 fully saturated rings. The summed E-state index contributed by atoms with van der Waals surface area (Å²) in [5.41, 5.74) is 5.04. The SMILES string of the molecule is Cc1cc(CN(C)c2ccc(OCc3c(C(C)C)cnn3-c3ccccc3OC(F)(F)F)nc2C)ccc1C(=O)O. The number of rotatable bonds is 10. The Morgan fingerprint density at radius 2 is 1.83 bits per heavy atom. The van der Waals surface area contributed by atoms with Crippen molar-refractivity contribution in [2.24, 2.45) is 0 Å². The van der Waals surface area contributed by atoms with Gasteiger partial charge in [0.2, 0.25) is 5.88 Å². The molecular formula is C30H31F3N4O4. The number of alkyl halides is 3. The minimum atomic E-state index is -4.85. The molecule has 41 heavy (non-hydrogen) atoms. The molecule has 8 nitrogen and oxygen atoms in total.